The van der Waals surface area contributed by atoms with E-state index in [0.29, 0.717) is 26.3 Å². The highest BCUT2D eigenvalue weighted by molar-refractivity contribution is 5.96. The Morgan fingerprint density at radius 1 is 1.26 bits per heavy atom. The highest BCUT2D eigenvalue weighted by Crippen LogP contribution is 2.29. The van der Waals surface area contributed by atoms with E-state index >= 15 is 0 Å². The van der Waals surface area contributed by atoms with Gasteiger partial charge < -0.3 is 24.0 Å². The highest BCUT2D eigenvalue weighted by Gasteiger charge is 2.37. The molecule has 2 aliphatic heterocycles. The van der Waals surface area contributed by atoms with Crippen LogP contribution in [0.4, 0.5) is 0 Å². The Labute approximate surface area is 178 Å². The first-order valence-electron chi connectivity index (χ1n) is 10.3. The van der Waals surface area contributed by atoms with Gasteiger partial charge in [-0.2, -0.15) is 0 Å². The maximum atomic E-state index is 12.8. The lowest BCUT2D eigenvalue weighted by Crippen LogP contribution is -2.54. The summed E-state index contributed by atoms with van der Waals surface area (Å²) in [7, 11) is 0. The fourth-order valence-corrected chi connectivity index (χ4v) is 4.26. The summed E-state index contributed by atoms with van der Waals surface area (Å²) >= 11 is 0. The number of ether oxygens (including phenoxy) is 2. The lowest BCUT2D eigenvalue weighted by molar-refractivity contribution is -0.0141. The van der Waals surface area contributed by atoms with E-state index in [4.69, 9.17) is 9.47 Å². The summed E-state index contributed by atoms with van der Waals surface area (Å²) < 4.78 is 13.0. The zero-order chi connectivity index (χ0) is 21.7. The van der Waals surface area contributed by atoms with Crippen LogP contribution in [-0.2, 0) is 11.3 Å². The van der Waals surface area contributed by atoms with Crippen molar-refractivity contribution in [3.05, 3.63) is 63.7 Å². The molecule has 8 nitrogen and oxygen atoms in total. The van der Waals surface area contributed by atoms with Crippen LogP contribution in [0.5, 0.6) is 11.5 Å². The molecule has 0 unspecified atom stereocenters. The number of morpholine rings is 1. The number of pyridine rings is 2. The molecule has 8 heteroatoms. The number of fused-ring (bicyclic) bond motifs is 3. The van der Waals surface area contributed by atoms with Crippen LogP contribution in [0.2, 0.25) is 0 Å². The minimum Gasteiger partial charge on any atom is -0.502 e. The molecule has 2 aromatic heterocycles. The van der Waals surface area contributed by atoms with Crippen molar-refractivity contribution in [1.29, 1.82) is 0 Å². The van der Waals surface area contributed by atoms with Gasteiger partial charge in [0, 0.05) is 24.2 Å². The quantitative estimate of drug-likeness (QED) is 0.698. The van der Waals surface area contributed by atoms with E-state index in [1.165, 1.54) is 6.20 Å². The summed E-state index contributed by atoms with van der Waals surface area (Å²) in [6.07, 6.45) is 1.06. The molecule has 0 saturated carbocycles. The molecule has 1 amide bonds. The third kappa shape index (κ3) is 3.33. The number of aryl methyl sites for hydroxylation is 1. The molecule has 4 heterocycles. The van der Waals surface area contributed by atoms with Crippen LogP contribution >= 0.6 is 0 Å². The van der Waals surface area contributed by atoms with Gasteiger partial charge in [-0.1, -0.05) is 18.2 Å². The molecular weight excluding hydrogens is 398 g/mol. The summed E-state index contributed by atoms with van der Waals surface area (Å²) in [5.41, 5.74) is 1.94. The number of hydrogen-bond donors (Lipinski definition) is 1. The average Bonchev–Trinajstić information content (AvgIpc) is 2.76. The Bertz CT molecular complexity index is 1250. The molecule has 0 aliphatic carbocycles. The van der Waals surface area contributed by atoms with Crippen LogP contribution in [0.15, 0.2) is 41.3 Å². The van der Waals surface area contributed by atoms with Gasteiger partial charge >= 0.3 is 0 Å². The Kier molecular flexibility index (Phi) is 4.66. The summed E-state index contributed by atoms with van der Waals surface area (Å²) in [5.74, 6) is -0.927. The summed E-state index contributed by atoms with van der Waals surface area (Å²) in [6, 6.07) is 9.67. The van der Waals surface area contributed by atoms with Crippen LogP contribution in [-0.4, -0.2) is 51.3 Å². The first-order valence-corrected chi connectivity index (χ1v) is 10.3. The maximum Gasteiger partial charge on any atom is 0.274 e. The van der Waals surface area contributed by atoms with Gasteiger partial charge in [0.1, 0.15) is 6.10 Å². The van der Waals surface area contributed by atoms with Gasteiger partial charge in [-0.25, -0.2) is 0 Å². The average molecular weight is 421 g/mol. The number of benzene rings is 1. The molecule has 160 valence electrons. The van der Waals surface area contributed by atoms with Crippen LogP contribution in [0.3, 0.4) is 0 Å². The monoisotopic (exact) mass is 421 g/mol. The molecular formula is C23H23N3O5. The number of aromatic nitrogens is 2. The number of carbonyl (C=O) groups excluding carboxylic acids is 1. The Balaban J connectivity index is 1.48. The maximum absolute atomic E-state index is 12.8. The second-order valence-electron chi connectivity index (χ2n) is 8.06. The van der Waals surface area contributed by atoms with E-state index in [0.717, 1.165) is 22.2 Å². The molecule has 2 aliphatic rings. The number of hydrogen-bond acceptors (Lipinski definition) is 6. The summed E-state index contributed by atoms with van der Waals surface area (Å²) in [6.45, 7) is 5.52. The van der Waals surface area contributed by atoms with E-state index in [1.807, 2.05) is 44.2 Å². The smallest absolute Gasteiger partial charge is 0.274 e. The number of carbonyl (C=O) groups is 1. The van der Waals surface area contributed by atoms with Crippen molar-refractivity contribution in [2.75, 3.05) is 19.8 Å². The Morgan fingerprint density at radius 3 is 2.90 bits per heavy atom. The van der Waals surface area contributed by atoms with E-state index in [2.05, 4.69) is 4.98 Å². The normalized spacial score (nSPS) is 19.1. The van der Waals surface area contributed by atoms with E-state index in [1.54, 1.807) is 9.47 Å². The topological polar surface area (TPSA) is 93.9 Å². The molecule has 1 saturated heterocycles. The number of amides is 1. The SMILES string of the molecule is Cc1ccc2ccc([C@H](C)Oc3cn4c(c(O)c3=O)C(=O)N3CCOC[C@@H]3C4)cc2n1. The van der Waals surface area contributed by atoms with Crippen LogP contribution in [0.1, 0.15) is 34.8 Å². The zero-order valence-corrected chi connectivity index (χ0v) is 17.4. The summed E-state index contributed by atoms with van der Waals surface area (Å²) in [5, 5.41) is 11.6. The van der Waals surface area contributed by atoms with Crippen molar-refractivity contribution >= 4 is 16.8 Å². The molecule has 1 N–H and O–H groups in total. The molecule has 3 aromatic rings. The van der Waals surface area contributed by atoms with Crippen molar-refractivity contribution < 1.29 is 19.4 Å². The van der Waals surface area contributed by atoms with Crippen molar-refractivity contribution in [3.63, 3.8) is 0 Å². The molecule has 1 fully saturated rings. The highest BCUT2D eigenvalue weighted by atomic mass is 16.5. The van der Waals surface area contributed by atoms with Gasteiger partial charge in [-0.15, -0.1) is 0 Å². The lowest BCUT2D eigenvalue weighted by Gasteiger charge is -2.40. The number of rotatable bonds is 3. The fraction of sp³-hybridized carbons (Fsp3) is 0.348. The van der Waals surface area contributed by atoms with Gasteiger partial charge in [0.25, 0.3) is 11.3 Å². The molecule has 0 spiro atoms. The van der Waals surface area contributed by atoms with Gasteiger partial charge in [-0.3, -0.25) is 14.6 Å². The first kappa shape index (κ1) is 19.6. The molecule has 0 radical (unpaired) electrons. The molecule has 5 rings (SSSR count). The van der Waals surface area contributed by atoms with E-state index in [9.17, 15) is 14.7 Å². The van der Waals surface area contributed by atoms with Crippen LogP contribution in [0.25, 0.3) is 10.9 Å². The number of nitrogens with zero attached hydrogens (tertiary/aromatic N) is 3. The number of aromatic hydroxyl groups is 1. The first-order chi connectivity index (χ1) is 14.9. The molecule has 0 bridgehead atoms. The van der Waals surface area contributed by atoms with E-state index < -0.39 is 17.3 Å². The van der Waals surface area contributed by atoms with Gasteiger partial charge in [0.2, 0.25) is 0 Å². The second-order valence-corrected chi connectivity index (χ2v) is 8.06. The van der Waals surface area contributed by atoms with Gasteiger partial charge in [0.05, 0.1) is 31.0 Å². The van der Waals surface area contributed by atoms with Crippen LogP contribution in [0, 0.1) is 6.92 Å². The largest absolute Gasteiger partial charge is 0.502 e. The van der Waals surface area contributed by atoms with Crippen molar-refractivity contribution in [2.24, 2.45) is 0 Å². The van der Waals surface area contributed by atoms with Crippen molar-refractivity contribution in [2.45, 2.75) is 32.5 Å². The second kappa shape index (κ2) is 7.39. The molecule has 31 heavy (non-hydrogen) atoms. The third-order valence-corrected chi connectivity index (χ3v) is 5.95. The predicted octanol–water partition coefficient (Wildman–Crippen LogP) is 2.41. The van der Waals surface area contributed by atoms with E-state index in [-0.39, 0.29) is 23.4 Å². The Hall–Kier alpha value is -3.39. The third-order valence-electron chi connectivity index (χ3n) is 5.95. The standard InChI is InChI=1S/C23H23N3O5/c1-13-3-4-15-5-6-16(9-18(15)24-13)14(2)31-19-11-25-10-17-12-30-8-7-26(17)23(29)20(25)22(28)21(19)27/h3-6,9,11,14,17,28H,7-8,10,12H2,1-2H3/t14-,17-/m0/s1. The lowest BCUT2D eigenvalue weighted by atomic mass is 10.1. The minimum atomic E-state index is -0.687. The van der Waals surface area contributed by atoms with Gasteiger partial charge in [0.15, 0.2) is 17.2 Å². The minimum absolute atomic E-state index is 0.00373. The molecule has 2 atom stereocenters. The fourth-order valence-electron chi connectivity index (χ4n) is 4.26. The predicted molar refractivity (Wildman–Crippen MR) is 114 cm³/mol. The summed E-state index contributed by atoms with van der Waals surface area (Å²) in [4.78, 5) is 31.8. The van der Waals surface area contributed by atoms with Crippen molar-refractivity contribution in [1.82, 2.24) is 14.5 Å². The Morgan fingerprint density at radius 2 is 2.06 bits per heavy atom. The van der Waals surface area contributed by atoms with Crippen LogP contribution < -0.4 is 10.2 Å². The van der Waals surface area contributed by atoms with Crippen molar-refractivity contribution in [3.8, 4) is 11.5 Å². The zero-order valence-electron chi connectivity index (χ0n) is 17.4. The molecule has 1 aromatic carbocycles. The van der Waals surface area contributed by atoms with Gasteiger partial charge in [-0.05, 0) is 31.5 Å².